The van der Waals surface area contributed by atoms with Crippen molar-refractivity contribution in [1.82, 2.24) is 0 Å². The van der Waals surface area contributed by atoms with E-state index < -0.39 is 0 Å². The fourth-order valence-electron chi connectivity index (χ4n) is 1.81. The van der Waals surface area contributed by atoms with Crippen LogP contribution in [-0.2, 0) is 16.6 Å². The van der Waals surface area contributed by atoms with Gasteiger partial charge >= 0.3 is 0 Å². The largest absolute Gasteiger partial charge is 0.508 e. The lowest BCUT2D eigenvalue weighted by Gasteiger charge is -2.22. The maximum absolute atomic E-state index is 10.4. The summed E-state index contributed by atoms with van der Waals surface area (Å²) in [6, 6.07) is 3.55. The fraction of sp³-hybridized carbons (Fsp3) is 0.500. The van der Waals surface area contributed by atoms with Crippen molar-refractivity contribution in [2.24, 2.45) is 0 Å². The third-order valence-corrected chi connectivity index (χ3v) is 2.74. The van der Waals surface area contributed by atoms with Gasteiger partial charge in [0.15, 0.2) is 0 Å². The molecule has 0 amide bonds. The Hall–Kier alpha value is -1.51. The average molecular weight is 236 g/mol. The number of carbonyl (C=O) groups excluding carboxylic acids is 1. The van der Waals surface area contributed by atoms with Gasteiger partial charge in [-0.1, -0.05) is 20.8 Å². The third-order valence-electron chi connectivity index (χ3n) is 2.74. The van der Waals surface area contributed by atoms with E-state index in [2.05, 4.69) is 0 Å². The number of aryl methyl sites for hydroxylation is 1. The molecule has 1 aromatic rings. The maximum Gasteiger partial charge on any atom is 0.122 e. The molecule has 3 heteroatoms. The normalized spacial score (nSPS) is 11.3. The standard InChI is InChI=1S/C14H20O3/c1-14(2,3)11-9-13(17-4)10(6-5-7-15)8-12(11)16/h7-9,16H,5-6H2,1-4H3. The summed E-state index contributed by atoms with van der Waals surface area (Å²) < 4.78 is 5.31. The molecule has 1 aromatic carbocycles. The zero-order valence-electron chi connectivity index (χ0n) is 10.9. The predicted octanol–water partition coefficient (Wildman–Crippen LogP) is 2.83. The number of aromatic hydroxyl groups is 1. The van der Waals surface area contributed by atoms with Crippen molar-refractivity contribution < 1.29 is 14.6 Å². The molecule has 0 radical (unpaired) electrons. The van der Waals surface area contributed by atoms with E-state index in [-0.39, 0.29) is 11.2 Å². The van der Waals surface area contributed by atoms with Gasteiger partial charge in [0.05, 0.1) is 7.11 Å². The summed E-state index contributed by atoms with van der Waals surface area (Å²) >= 11 is 0. The number of carbonyl (C=O) groups is 1. The molecule has 0 aliphatic rings. The molecular weight excluding hydrogens is 216 g/mol. The number of rotatable bonds is 4. The number of phenolic OH excluding ortho intramolecular Hbond substituents is 1. The molecule has 17 heavy (non-hydrogen) atoms. The lowest BCUT2D eigenvalue weighted by Crippen LogP contribution is -2.12. The highest BCUT2D eigenvalue weighted by molar-refractivity contribution is 5.53. The molecule has 94 valence electrons. The van der Waals surface area contributed by atoms with Crippen molar-refractivity contribution in [2.45, 2.75) is 39.0 Å². The summed E-state index contributed by atoms with van der Waals surface area (Å²) in [6.45, 7) is 6.10. The molecule has 0 fully saturated rings. The SMILES string of the molecule is COc1cc(C(C)(C)C)c(O)cc1CCC=O. The van der Waals surface area contributed by atoms with Gasteiger partial charge < -0.3 is 14.6 Å². The Morgan fingerprint density at radius 2 is 2.00 bits per heavy atom. The van der Waals surface area contributed by atoms with E-state index in [1.165, 1.54) is 0 Å². The van der Waals surface area contributed by atoms with Gasteiger partial charge in [-0.15, -0.1) is 0 Å². The quantitative estimate of drug-likeness (QED) is 0.818. The van der Waals surface area contributed by atoms with Crippen molar-refractivity contribution in [3.63, 3.8) is 0 Å². The van der Waals surface area contributed by atoms with Crippen LogP contribution in [0.25, 0.3) is 0 Å². The summed E-state index contributed by atoms with van der Waals surface area (Å²) in [4.78, 5) is 10.4. The molecule has 0 saturated carbocycles. The van der Waals surface area contributed by atoms with E-state index in [9.17, 15) is 9.90 Å². The van der Waals surface area contributed by atoms with Crippen molar-refractivity contribution in [1.29, 1.82) is 0 Å². The fourth-order valence-corrected chi connectivity index (χ4v) is 1.81. The second-order valence-corrected chi connectivity index (χ2v) is 5.14. The number of hydrogen-bond donors (Lipinski definition) is 1. The average Bonchev–Trinajstić information content (AvgIpc) is 2.24. The topological polar surface area (TPSA) is 46.5 Å². The minimum Gasteiger partial charge on any atom is -0.508 e. The smallest absolute Gasteiger partial charge is 0.122 e. The molecular formula is C14H20O3. The second-order valence-electron chi connectivity index (χ2n) is 5.14. The summed E-state index contributed by atoms with van der Waals surface area (Å²) in [5, 5.41) is 10.0. The molecule has 0 bridgehead atoms. The summed E-state index contributed by atoms with van der Waals surface area (Å²) in [5.74, 6) is 0.994. The van der Waals surface area contributed by atoms with Crippen molar-refractivity contribution in [3.05, 3.63) is 23.3 Å². The number of benzene rings is 1. The van der Waals surface area contributed by atoms with Crippen LogP contribution in [0.4, 0.5) is 0 Å². The monoisotopic (exact) mass is 236 g/mol. The van der Waals surface area contributed by atoms with E-state index in [1.54, 1.807) is 13.2 Å². The lowest BCUT2D eigenvalue weighted by atomic mass is 9.85. The Bertz CT molecular complexity index is 403. The Balaban J connectivity index is 3.19. The van der Waals surface area contributed by atoms with E-state index in [4.69, 9.17) is 4.74 Å². The van der Waals surface area contributed by atoms with Crippen LogP contribution in [0.5, 0.6) is 11.5 Å². The Kier molecular flexibility index (Phi) is 4.16. The lowest BCUT2D eigenvalue weighted by molar-refractivity contribution is -0.107. The van der Waals surface area contributed by atoms with Crippen LogP contribution >= 0.6 is 0 Å². The van der Waals surface area contributed by atoms with Gasteiger partial charge in [-0.25, -0.2) is 0 Å². The first-order chi connectivity index (χ1) is 7.90. The molecule has 0 aliphatic carbocycles. The molecule has 0 saturated heterocycles. The van der Waals surface area contributed by atoms with Crippen LogP contribution in [0, 0.1) is 0 Å². The zero-order valence-corrected chi connectivity index (χ0v) is 10.9. The Morgan fingerprint density at radius 3 is 2.47 bits per heavy atom. The number of methoxy groups -OCH3 is 1. The van der Waals surface area contributed by atoms with E-state index in [0.29, 0.717) is 12.8 Å². The van der Waals surface area contributed by atoms with Crippen LogP contribution in [0.2, 0.25) is 0 Å². The predicted molar refractivity (Wildman–Crippen MR) is 67.7 cm³/mol. The van der Waals surface area contributed by atoms with E-state index >= 15 is 0 Å². The molecule has 0 aromatic heterocycles. The first-order valence-corrected chi connectivity index (χ1v) is 5.74. The third kappa shape index (κ3) is 3.22. The molecule has 0 atom stereocenters. The molecule has 1 rings (SSSR count). The highest BCUT2D eigenvalue weighted by atomic mass is 16.5. The first kappa shape index (κ1) is 13.6. The van der Waals surface area contributed by atoms with Gasteiger partial charge in [-0.3, -0.25) is 0 Å². The highest BCUT2D eigenvalue weighted by Gasteiger charge is 2.20. The minimum atomic E-state index is -0.138. The molecule has 0 aliphatic heterocycles. The van der Waals surface area contributed by atoms with Gasteiger partial charge in [0, 0.05) is 12.0 Å². The molecule has 0 heterocycles. The van der Waals surface area contributed by atoms with Crippen molar-refractivity contribution >= 4 is 6.29 Å². The molecule has 3 nitrogen and oxygen atoms in total. The number of aldehydes is 1. The van der Waals surface area contributed by atoms with Crippen LogP contribution < -0.4 is 4.74 Å². The summed E-state index contributed by atoms with van der Waals surface area (Å²) in [6.07, 6.45) is 1.89. The molecule has 0 unspecified atom stereocenters. The number of hydrogen-bond acceptors (Lipinski definition) is 3. The Morgan fingerprint density at radius 1 is 1.35 bits per heavy atom. The summed E-state index contributed by atoms with van der Waals surface area (Å²) in [7, 11) is 1.60. The van der Waals surface area contributed by atoms with E-state index in [0.717, 1.165) is 23.2 Å². The van der Waals surface area contributed by atoms with Gasteiger partial charge in [-0.2, -0.15) is 0 Å². The van der Waals surface area contributed by atoms with Crippen LogP contribution in [0.3, 0.4) is 0 Å². The zero-order chi connectivity index (χ0) is 13.1. The number of phenols is 1. The van der Waals surface area contributed by atoms with Crippen molar-refractivity contribution in [2.75, 3.05) is 7.11 Å². The maximum atomic E-state index is 10.4. The molecule has 0 spiro atoms. The Labute approximate surface area is 102 Å². The minimum absolute atomic E-state index is 0.138. The van der Waals surface area contributed by atoms with E-state index in [1.807, 2.05) is 26.8 Å². The van der Waals surface area contributed by atoms with Gasteiger partial charge in [0.2, 0.25) is 0 Å². The molecule has 1 N–H and O–H groups in total. The number of ether oxygens (including phenoxy) is 1. The van der Waals surface area contributed by atoms with Crippen LogP contribution in [0.15, 0.2) is 12.1 Å². The van der Waals surface area contributed by atoms with Gasteiger partial charge in [-0.05, 0) is 29.5 Å². The van der Waals surface area contributed by atoms with Crippen molar-refractivity contribution in [3.8, 4) is 11.5 Å². The van der Waals surface area contributed by atoms with Crippen LogP contribution in [0.1, 0.15) is 38.3 Å². The second kappa shape index (κ2) is 5.21. The van der Waals surface area contributed by atoms with Gasteiger partial charge in [0.25, 0.3) is 0 Å². The highest BCUT2D eigenvalue weighted by Crippen LogP contribution is 2.36. The summed E-state index contributed by atoms with van der Waals surface area (Å²) in [5.41, 5.74) is 1.58. The van der Waals surface area contributed by atoms with Gasteiger partial charge in [0.1, 0.15) is 17.8 Å². The van der Waals surface area contributed by atoms with Crippen LogP contribution in [-0.4, -0.2) is 18.5 Å². The first-order valence-electron chi connectivity index (χ1n) is 5.74.